The Kier molecular flexibility index (Phi) is 4.61. The zero-order valence-corrected chi connectivity index (χ0v) is 13.8. The molecule has 0 spiro atoms. The lowest BCUT2D eigenvalue weighted by molar-refractivity contribution is -0.132. The van der Waals surface area contributed by atoms with Gasteiger partial charge in [-0.2, -0.15) is 0 Å². The number of piperidine rings is 1. The molecule has 2 unspecified atom stereocenters. The number of aromatic nitrogens is 1. The van der Waals surface area contributed by atoms with Crippen molar-refractivity contribution in [3.05, 3.63) is 16.1 Å². The average Bonchev–Trinajstić information content (AvgIpc) is 3.10. The number of carbonyl (C=O) groups excluding carboxylic acids is 3. The summed E-state index contributed by atoms with van der Waals surface area (Å²) in [6.07, 6.45) is 2.63. The van der Waals surface area contributed by atoms with E-state index in [9.17, 15) is 14.4 Å². The van der Waals surface area contributed by atoms with Crippen LogP contribution in [0.25, 0.3) is 0 Å². The number of imide groups is 1. The second-order valence-corrected chi connectivity index (χ2v) is 6.95. The van der Waals surface area contributed by atoms with Gasteiger partial charge in [0, 0.05) is 36.5 Å². The summed E-state index contributed by atoms with van der Waals surface area (Å²) in [4.78, 5) is 41.3. The molecule has 0 radical (unpaired) electrons. The van der Waals surface area contributed by atoms with Gasteiger partial charge in [0.15, 0.2) is 0 Å². The molecule has 7 nitrogen and oxygen atoms in total. The molecule has 2 fully saturated rings. The van der Waals surface area contributed by atoms with E-state index >= 15 is 0 Å². The minimum absolute atomic E-state index is 0.0388. The van der Waals surface area contributed by atoms with Crippen molar-refractivity contribution in [3.8, 4) is 0 Å². The van der Waals surface area contributed by atoms with Gasteiger partial charge in [-0.15, -0.1) is 11.3 Å². The van der Waals surface area contributed by atoms with E-state index in [0.29, 0.717) is 18.9 Å². The monoisotopic (exact) mass is 336 g/mol. The molecule has 124 valence electrons. The molecule has 8 heteroatoms. The number of urea groups is 1. The molecule has 0 bridgehead atoms. The molecule has 3 heterocycles. The van der Waals surface area contributed by atoms with E-state index in [1.807, 2.05) is 17.2 Å². The molecule has 2 atom stereocenters. The zero-order valence-electron chi connectivity index (χ0n) is 13.0. The standard InChI is InChI=1S/C15H20N4O3S/c1-9-8-23-14(16-9)10-3-2-6-19(7-10)12(20)5-4-11-13(21)18-15(22)17-11/h8,10-11H,2-7H2,1H3,(H2,17,18,21,22). The van der Waals surface area contributed by atoms with Gasteiger partial charge in [0.2, 0.25) is 5.91 Å². The third kappa shape index (κ3) is 3.69. The molecule has 0 aromatic carbocycles. The second kappa shape index (κ2) is 6.66. The number of rotatable bonds is 4. The summed E-state index contributed by atoms with van der Waals surface area (Å²) in [7, 11) is 0. The van der Waals surface area contributed by atoms with Crippen molar-refractivity contribution in [1.82, 2.24) is 20.5 Å². The number of amides is 4. The van der Waals surface area contributed by atoms with E-state index in [0.717, 1.165) is 30.1 Å². The Morgan fingerprint density at radius 3 is 2.96 bits per heavy atom. The Hall–Kier alpha value is -1.96. The van der Waals surface area contributed by atoms with Crippen LogP contribution in [0.5, 0.6) is 0 Å². The molecule has 0 aliphatic carbocycles. The maximum absolute atomic E-state index is 12.4. The molecule has 0 saturated carbocycles. The van der Waals surface area contributed by atoms with Gasteiger partial charge in [-0.05, 0) is 26.2 Å². The van der Waals surface area contributed by atoms with Crippen LogP contribution in [0.3, 0.4) is 0 Å². The van der Waals surface area contributed by atoms with Crippen LogP contribution in [0.2, 0.25) is 0 Å². The second-order valence-electron chi connectivity index (χ2n) is 6.06. The number of hydrogen-bond acceptors (Lipinski definition) is 5. The Bertz CT molecular complexity index is 630. The van der Waals surface area contributed by atoms with E-state index < -0.39 is 12.1 Å². The molecule has 23 heavy (non-hydrogen) atoms. The lowest BCUT2D eigenvalue weighted by atomic mass is 9.98. The van der Waals surface area contributed by atoms with Crippen molar-refractivity contribution in [2.75, 3.05) is 13.1 Å². The molecule has 2 saturated heterocycles. The first-order chi connectivity index (χ1) is 11.0. The SMILES string of the molecule is Cc1csc(C2CCCN(C(=O)CCC3NC(=O)NC3=O)C2)n1. The van der Waals surface area contributed by atoms with Crippen LogP contribution in [-0.4, -0.2) is 46.9 Å². The highest BCUT2D eigenvalue weighted by molar-refractivity contribution is 7.09. The van der Waals surface area contributed by atoms with E-state index in [4.69, 9.17) is 0 Å². The Morgan fingerprint density at radius 1 is 1.48 bits per heavy atom. The van der Waals surface area contributed by atoms with E-state index in [1.165, 1.54) is 0 Å². The molecule has 2 aliphatic heterocycles. The first kappa shape index (κ1) is 15.9. The van der Waals surface area contributed by atoms with Crippen LogP contribution in [0, 0.1) is 6.92 Å². The maximum Gasteiger partial charge on any atom is 0.322 e. The van der Waals surface area contributed by atoms with Crippen molar-refractivity contribution in [2.45, 2.75) is 44.6 Å². The number of nitrogens with one attached hydrogen (secondary N) is 2. The van der Waals surface area contributed by atoms with Gasteiger partial charge in [-0.25, -0.2) is 9.78 Å². The highest BCUT2D eigenvalue weighted by atomic mass is 32.1. The number of aryl methyl sites for hydroxylation is 1. The average molecular weight is 336 g/mol. The maximum atomic E-state index is 12.4. The van der Waals surface area contributed by atoms with Crippen molar-refractivity contribution < 1.29 is 14.4 Å². The van der Waals surface area contributed by atoms with Crippen molar-refractivity contribution in [1.29, 1.82) is 0 Å². The number of thiazole rings is 1. The Morgan fingerprint density at radius 2 is 2.30 bits per heavy atom. The van der Waals surface area contributed by atoms with Crippen molar-refractivity contribution in [3.63, 3.8) is 0 Å². The van der Waals surface area contributed by atoms with Crippen molar-refractivity contribution in [2.24, 2.45) is 0 Å². The lowest BCUT2D eigenvalue weighted by Gasteiger charge is -2.32. The van der Waals surface area contributed by atoms with Gasteiger partial charge < -0.3 is 10.2 Å². The third-order valence-electron chi connectivity index (χ3n) is 4.27. The molecular formula is C15H20N4O3S. The summed E-state index contributed by atoms with van der Waals surface area (Å²) < 4.78 is 0. The number of nitrogens with zero attached hydrogens (tertiary/aromatic N) is 2. The fourth-order valence-corrected chi connectivity index (χ4v) is 3.98. The summed E-state index contributed by atoms with van der Waals surface area (Å²) in [6, 6.07) is -1.07. The van der Waals surface area contributed by atoms with Crippen LogP contribution in [-0.2, 0) is 9.59 Å². The van der Waals surface area contributed by atoms with Crippen LogP contribution in [0.1, 0.15) is 42.3 Å². The van der Waals surface area contributed by atoms with Gasteiger partial charge in [0.05, 0.1) is 5.01 Å². The van der Waals surface area contributed by atoms with Crippen LogP contribution < -0.4 is 10.6 Å². The Balaban J connectivity index is 1.53. The third-order valence-corrected chi connectivity index (χ3v) is 5.39. The van der Waals surface area contributed by atoms with Gasteiger partial charge in [0.1, 0.15) is 6.04 Å². The number of hydrogen-bond donors (Lipinski definition) is 2. The molecule has 2 N–H and O–H groups in total. The summed E-state index contributed by atoms with van der Waals surface area (Å²) in [5.41, 5.74) is 1.02. The summed E-state index contributed by atoms with van der Waals surface area (Å²) in [5.74, 6) is -0.00427. The fourth-order valence-electron chi connectivity index (χ4n) is 3.05. The van der Waals surface area contributed by atoms with E-state index in [-0.39, 0.29) is 18.2 Å². The molecule has 3 rings (SSSR count). The normalized spacial score (nSPS) is 24.5. The van der Waals surface area contributed by atoms with Crippen molar-refractivity contribution >= 4 is 29.2 Å². The molecule has 1 aromatic heterocycles. The van der Waals surface area contributed by atoms with Crippen LogP contribution >= 0.6 is 11.3 Å². The van der Waals surface area contributed by atoms with E-state index in [2.05, 4.69) is 15.6 Å². The van der Waals surface area contributed by atoms with Crippen LogP contribution in [0.4, 0.5) is 4.79 Å². The van der Waals surface area contributed by atoms with Gasteiger partial charge in [-0.1, -0.05) is 0 Å². The zero-order chi connectivity index (χ0) is 16.4. The highest BCUT2D eigenvalue weighted by Crippen LogP contribution is 2.29. The molecule has 2 aliphatic rings. The quantitative estimate of drug-likeness (QED) is 0.807. The molecule has 1 aromatic rings. The largest absolute Gasteiger partial charge is 0.342 e. The molecule has 4 amide bonds. The first-order valence-electron chi connectivity index (χ1n) is 7.84. The first-order valence-corrected chi connectivity index (χ1v) is 8.72. The summed E-state index contributed by atoms with van der Waals surface area (Å²) in [5, 5.41) is 7.84. The predicted octanol–water partition coefficient (Wildman–Crippen LogP) is 1.15. The van der Waals surface area contributed by atoms with Crippen LogP contribution in [0.15, 0.2) is 5.38 Å². The highest BCUT2D eigenvalue weighted by Gasteiger charge is 2.31. The number of carbonyl (C=O) groups is 3. The summed E-state index contributed by atoms with van der Waals surface area (Å²) >= 11 is 1.65. The topological polar surface area (TPSA) is 91.4 Å². The Labute approximate surface area is 138 Å². The lowest BCUT2D eigenvalue weighted by Crippen LogP contribution is -2.40. The van der Waals surface area contributed by atoms with Gasteiger partial charge >= 0.3 is 6.03 Å². The van der Waals surface area contributed by atoms with Gasteiger partial charge in [0.25, 0.3) is 5.91 Å². The van der Waals surface area contributed by atoms with E-state index in [1.54, 1.807) is 11.3 Å². The predicted molar refractivity (Wildman–Crippen MR) is 85.1 cm³/mol. The summed E-state index contributed by atoms with van der Waals surface area (Å²) in [6.45, 7) is 3.42. The number of likely N-dealkylation sites (tertiary alicyclic amines) is 1. The minimum Gasteiger partial charge on any atom is -0.342 e. The van der Waals surface area contributed by atoms with Gasteiger partial charge in [-0.3, -0.25) is 14.9 Å². The fraction of sp³-hybridized carbons (Fsp3) is 0.600. The minimum atomic E-state index is -0.589. The smallest absolute Gasteiger partial charge is 0.322 e. The molecular weight excluding hydrogens is 316 g/mol.